The summed E-state index contributed by atoms with van der Waals surface area (Å²) in [6.07, 6.45) is 10.8. The fraction of sp³-hybridized carbons (Fsp3) is 0.722. The van der Waals surface area contributed by atoms with Crippen LogP contribution in [0.5, 0.6) is 0 Å². The summed E-state index contributed by atoms with van der Waals surface area (Å²) in [5.41, 5.74) is 0. The van der Waals surface area contributed by atoms with Crippen molar-refractivity contribution in [3.63, 3.8) is 0 Å². The Labute approximate surface area is 142 Å². The molecule has 132 valence electrons. The van der Waals surface area contributed by atoms with Crippen molar-refractivity contribution >= 4 is 14.6 Å². The Morgan fingerprint density at radius 3 is 2.39 bits per heavy atom. The lowest BCUT2D eigenvalue weighted by Crippen LogP contribution is -2.43. The summed E-state index contributed by atoms with van der Waals surface area (Å²) in [5, 5.41) is 0.176. The maximum absolute atomic E-state index is 10.4. The third-order valence-electron chi connectivity index (χ3n) is 4.50. The van der Waals surface area contributed by atoms with Gasteiger partial charge in [0.25, 0.3) is 0 Å². The highest BCUT2D eigenvalue weighted by atomic mass is 28.4. The lowest BCUT2D eigenvalue weighted by atomic mass is 10.1. The molecule has 0 saturated carbocycles. The Bertz CT molecular complexity index is 404. The van der Waals surface area contributed by atoms with E-state index >= 15 is 0 Å². The molecular weight excluding hydrogens is 308 g/mol. The molecule has 0 aromatic rings. The van der Waals surface area contributed by atoms with E-state index in [-0.39, 0.29) is 17.4 Å². The van der Waals surface area contributed by atoms with E-state index in [0.717, 1.165) is 25.5 Å². The highest BCUT2D eigenvalue weighted by Gasteiger charge is 2.38. The molecule has 1 aliphatic heterocycles. The highest BCUT2D eigenvalue weighted by Crippen LogP contribution is 2.38. The number of hydrogen-bond donors (Lipinski definition) is 0. The summed E-state index contributed by atoms with van der Waals surface area (Å²) in [6, 6.07) is 0. The van der Waals surface area contributed by atoms with Gasteiger partial charge in [-0.25, -0.2) is 0 Å². The standard InChI is InChI=1S/C18H32O4Si/c1-18(2,3)23(4,5)22-16(10-7-6-8-13-19)11-9-12-17-20-14-15-21-17/h6-8,10,13,16-17H,9,11-12,14-15H2,1-5H3/b8-6-,10-7+/t16-/m1/s1. The van der Waals surface area contributed by atoms with E-state index in [1.807, 2.05) is 6.08 Å². The van der Waals surface area contributed by atoms with E-state index < -0.39 is 8.32 Å². The highest BCUT2D eigenvalue weighted by molar-refractivity contribution is 6.74. The topological polar surface area (TPSA) is 44.8 Å². The Morgan fingerprint density at radius 2 is 1.83 bits per heavy atom. The molecule has 1 saturated heterocycles. The molecule has 1 heterocycles. The zero-order valence-electron chi connectivity index (χ0n) is 15.2. The van der Waals surface area contributed by atoms with E-state index in [1.54, 1.807) is 6.08 Å². The first-order chi connectivity index (χ1) is 10.8. The van der Waals surface area contributed by atoms with Gasteiger partial charge >= 0.3 is 0 Å². The summed E-state index contributed by atoms with van der Waals surface area (Å²) >= 11 is 0. The molecule has 0 aromatic carbocycles. The van der Waals surface area contributed by atoms with Crippen LogP contribution >= 0.6 is 0 Å². The average Bonchev–Trinajstić information content (AvgIpc) is 2.95. The van der Waals surface area contributed by atoms with Crippen LogP contribution in [0.3, 0.4) is 0 Å². The van der Waals surface area contributed by atoms with Crippen LogP contribution in [0.4, 0.5) is 0 Å². The molecule has 0 aromatic heterocycles. The Hall–Kier alpha value is -0.753. The molecule has 5 heteroatoms. The van der Waals surface area contributed by atoms with Crippen LogP contribution in [0.2, 0.25) is 18.1 Å². The first kappa shape index (κ1) is 20.3. The lowest BCUT2D eigenvalue weighted by molar-refractivity contribution is -0.104. The van der Waals surface area contributed by atoms with Crippen molar-refractivity contribution < 1.29 is 18.7 Å². The van der Waals surface area contributed by atoms with Crippen molar-refractivity contribution in [1.29, 1.82) is 0 Å². The zero-order valence-corrected chi connectivity index (χ0v) is 16.2. The van der Waals surface area contributed by atoms with Gasteiger partial charge in [-0.3, -0.25) is 4.79 Å². The molecule has 0 radical (unpaired) electrons. The van der Waals surface area contributed by atoms with E-state index in [4.69, 9.17) is 13.9 Å². The molecule has 0 spiro atoms. The molecule has 1 fully saturated rings. The summed E-state index contributed by atoms with van der Waals surface area (Å²) in [6.45, 7) is 12.7. The van der Waals surface area contributed by atoms with Gasteiger partial charge in [0, 0.05) is 0 Å². The monoisotopic (exact) mass is 340 g/mol. The van der Waals surface area contributed by atoms with Crippen molar-refractivity contribution in [2.24, 2.45) is 0 Å². The molecule has 1 rings (SSSR count). The number of carbonyl (C=O) groups excluding carboxylic acids is 1. The van der Waals surface area contributed by atoms with Crippen molar-refractivity contribution in [1.82, 2.24) is 0 Å². The first-order valence-electron chi connectivity index (χ1n) is 8.46. The van der Waals surface area contributed by atoms with Gasteiger partial charge in [0.1, 0.15) is 6.29 Å². The van der Waals surface area contributed by atoms with Crippen LogP contribution < -0.4 is 0 Å². The zero-order chi connectivity index (χ0) is 17.3. The number of allylic oxidation sites excluding steroid dienone is 3. The Morgan fingerprint density at radius 1 is 1.17 bits per heavy atom. The van der Waals surface area contributed by atoms with Crippen LogP contribution in [0, 0.1) is 0 Å². The van der Waals surface area contributed by atoms with Crippen molar-refractivity contribution in [2.45, 2.75) is 70.6 Å². The van der Waals surface area contributed by atoms with Crippen LogP contribution in [-0.2, 0) is 18.7 Å². The molecule has 0 aliphatic carbocycles. The van der Waals surface area contributed by atoms with Gasteiger partial charge in [-0.05, 0) is 43.5 Å². The molecule has 1 atom stereocenters. The van der Waals surface area contributed by atoms with Crippen LogP contribution in [-0.4, -0.2) is 40.2 Å². The van der Waals surface area contributed by atoms with Gasteiger partial charge in [-0.1, -0.05) is 39.0 Å². The second-order valence-electron chi connectivity index (χ2n) is 7.42. The van der Waals surface area contributed by atoms with Crippen LogP contribution in [0.25, 0.3) is 0 Å². The summed E-state index contributed by atoms with van der Waals surface area (Å²) in [5.74, 6) is 0. The van der Waals surface area contributed by atoms with E-state index in [0.29, 0.717) is 13.2 Å². The van der Waals surface area contributed by atoms with E-state index in [2.05, 4.69) is 39.9 Å². The minimum Gasteiger partial charge on any atom is -0.411 e. The number of aldehydes is 1. The van der Waals surface area contributed by atoms with Gasteiger partial charge in [0.15, 0.2) is 14.6 Å². The fourth-order valence-corrected chi connectivity index (χ4v) is 3.41. The maximum atomic E-state index is 10.4. The predicted octanol–water partition coefficient (Wildman–Crippen LogP) is 4.23. The van der Waals surface area contributed by atoms with Gasteiger partial charge in [0.05, 0.1) is 19.3 Å². The van der Waals surface area contributed by atoms with Gasteiger partial charge < -0.3 is 13.9 Å². The summed E-state index contributed by atoms with van der Waals surface area (Å²) in [7, 11) is -1.83. The molecule has 0 N–H and O–H groups in total. The maximum Gasteiger partial charge on any atom is 0.192 e. The quantitative estimate of drug-likeness (QED) is 0.273. The third kappa shape index (κ3) is 7.57. The lowest BCUT2D eigenvalue weighted by Gasteiger charge is -2.38. The fourth-order valence-electron chi connectivity index (χ4n) is 2.11. The molecule has 1 aliphatic rings. The van der Waals surface area contributed by atoms with Gasteiger partial charge in [-0.15, -0.1) is 0 Å². The minimum atomic E-state index is -1.83. The van der Waals surface area contributed by atoms with Gasteiger partial charge in [-0.2, -0.15) is 0 Å². The third-order valence-corrected chi connectivity index (χ3v) is 9.00. The van der Waals surface area contributed by atoms with Gasteiger partial charge in [0.2, 0.25) is 0 Å². The number of hydrogen-bond acceptors (Lipinski definition) is 4. The summed E-state index contributed by atoms with van der Waals surface area (Å²) in [4.78, 5) is 10.4. The second-order valence-corrected chi connectivity index (χ2v) is 12.2. The smallest absolute Gasteiger partial charge is 0.192 e. The number of ether oxygens (including phenoxy) is 2. The van der Waals surface area contributed by atoms with Crippen molar-refractivity contribution in [2.75, 3.05) is 13.2 Å². The number of rotatable bonds is 9. The largest absolute Gasteiger partial charge is 0.411 e. The summed E-state index contributed by atoms with van der Waals surface area (Å²) < 4.78 is 17.5. The van der Waals surface area contributed by atoms with E-state index in [9.17, 15) is 4.79 Å². The van der Waals surface area contributed by atoms with Crippen molar-refractivity contribution in [3.8, 4) is 0 Å². The normalized spacial score (nSPS) is 19.0. The first-order valence-corrected chi connectivity index (χ1v) is 11.4. The van der Waals surface area contributed by atoms with Crippen molar-refractivity contribution in [3.05, 3.63) is 24.3 Å². The molecule has 23 heavy (non-hydrogen) atoms. The molecule has 0 unspecified atom stereocenters. The second kappa shape index (κ2) is 9.52. The molecule has 4 nitrogen and oxygen atoms in total. The predicted molar refractivity (Wildman–Crippen MR) is 96.0 cm³/mol. The van der Waals surface area contributed by atoms with Crippen LogP contribution in [0.15, 0.2) is 24.3 Å². The average molecular weight is 341 g/mol. The Balaban J connectivity index is 2.58. The minimum absolute atomic E-state index is 0.0533. The molecule has 0 amide bonds. The number of carbonyl (C=O) groups is 1. The molecular formula is C18H32O4Si. The SMILES string of the molecule is CC(C)(C)[Si](C)(C)O[C@H](/C=C/C=C\C=O)CCCC1OCCO1. The van der Waals surface area contributed by atoms with Crippen LogP contribution in [0.1, 0.15) is 40.0 Å². The Kier molecular flexibility index (Phi) is 8.40. The van der Waals surface area contributed by atoms with E-state index in [1.165, 1.54) is 6.08 Å². The molecule has 0 bridgehead atoms.